The molecule has 2 fully saturated rings. The molecule has 156 valence electrons. The summed E-state index contributed by atoms with van der Waals surface area (Å²) in [5.41, 5.74) is 2.62. The molecule has 6 heteroatoms. The van der Waals surface area contributed by atoms with Gasteiger partial charge in [0.25, 0.3) is 0 Å². The molecule has 2 aliphatic rings. The van der Waals surface area contributed by atoms with E-state index in [1.165, 1.54) is 36.8 Å². The number of aromatic nitrogens is 2. The van der Waals surface area contributed by atoms with E-state index >= 15 is 0 Å². The molecule has 29 heavy (non-hydrogen) atoms. The molecule has 1 aromatic heterocycles. The molecule has 2 saturated heterocycles. The molecule has 3 heterocycles. The maximum Gasteiger partial charge on any atom is 0.191 e. The molecule has 0 amide bonds. The van der Waals surface area contributed by atoms with Crippen molar-refractivity contribution >= 4 is 5.96 Å². The Morgan fingerprint density at radius 3 is 2.59 bits per heavy atom. The van der Waals surface area contributed by atoms with Crippen LogP contribution < -0.4 is 10.6 Å². The first-order chi connectivity index (χ1) is 14.2. The van der Waals surface area contributed by atoms with Gasteiger partial charge in [0.1, 0.15) is 0 Å². The molecule has 2 aliphatic heterocycles. The van der Waals surface area contributed by atoms with Gasteiger partial charge in [-0.05, 0) is 50.7 Å². The van der Waals surface area contributed by atoms with Gasteiger partial charge in [0.05, 0.1) is 19.3 Å². The van der Waals surface area contributed by atoms with Gasteiger partial charge in [-0.2, -0.15) is 5.10 Å². The minimum atomic E-state index is 0.504. The highest BCUT2D eigenvalue weighted by Gasteiger charge is 2.40. The van der Waals surface area contributed by atoms with E-state index in [-0.39, 0.29) is 0 Å². The van der Waals surface area contributed by atoms with Crippen molar-refractivity contribution in [1.29, 1.82) is 0 Å². The average Bonchev–Trinajstić information content (AvgIpc) is 3.22. The number of guanidine groups is 1. The van der Waals surface area contributed by atoms with E-state index in [1.54, 1.807) is 0 Å². The minimum Gasteiger partial charge on any atom is -0.357 e. The fraction of sp³-hybridized carbons (Fsp3) is 0.565. The monoisotopic (exact) mass is 394 g/mol. The van der Waals surface area contributed by atoms with Crippen molar-refractivity contribution in [3.63, 3.8) is 0 Å². The Kier molecular flexibility index (Phi) is 6.49. The third kappa shape index (κ3) is 5.18. The molecule has 0 aliphatic carbocycles. The lowest BCUT2D eigenvalue weighted by Crippen LogP contribution is -2.52. The second-order valence-electron chi connectivity index (χ2n) is 8.40. The van der Waals surface area contributed by atoms with E-state index in [1.807, 2.05) is 10.9 Å². The molecule has 0 saturated carbocycles. The smallest absolute Gasteiger partial charge is 0.191 e. The van der Waals surface area contributed by atoms with E-state index in [4.69, 9.17) is 4.99 Å². The van der Waals surface area contributed by atoms with Crippen LogP contribution in [0.4, 0.5) is 0 Å². The van der Waals surface area contributed by atoms with Gasteiger partial charge in [-0.15, -0.1) is 0 Å². The second-order valence-corrected chi connectivity index (χ2v) is 8.40. The zero-order valence-corrected chi connectivity index (χ0v) is 17.7. The fourth-order valence-corrected chi connectivity index (χ4v) is 4.81. The van der Waals surface area contributed by atoms with Crippen LogP contribution in [0.15, 0.2) is 47.7 Å². The number of fused-ring (bicyclic) bond motifs is 2. The van der Waals surface area contributed by atoms with Crippen molar-refractivity contribution in [2.24, 2.45) is 4.99 Å². The molecule has 0 spiro atoms. The highest BCUT2D eigenvalue weighted by atomic mass is 15.3. The summed E-state index contributed by atoms with van der Waals surface area (Å²) in [6, 6.07) is 12.8. The summed E-state index contributed by atoms with van der Waals surface area (Å²) in [4.78, 5) is 7.52. The summed E-state index contributed by atoms with van der Waals surface area (Å²) < 4.78 is 1.96. The average molecular weight is 395 g/mol. The lowest BCUT2D eigenvalue weighted by Gasteiger charge is -2.39. The topological polar surface area (TPSA) is 57.5 Å². The molecule has 1 aromatic carbocycles. The quantitative estimate of drug-likeness (QED) is 0.560. The van der Waals surface area contributed by atoms with E-state index in [0.717, 1.165) is 32.1 Å². The Bertz CT molecular complexity index is 785. The first-order valence-electron chi connectivity index (χ1n) is 11.0. The predicted molar refractivity (Wildman–Crippen MR) is 118 cm³/mol. The number of nitrogens with one attached hydrogen (secondary N) is 2. The van der Waals surface area contributed by atoms with Crippen LogP contribution in [-0.4, -0.2) is 51.9 Å². The van der Waals surface area contributed by atoms with Crippen LogP contribution in [0, 0.1) is 6.92 Å². The van der Waals surface area contributed by atoms with Gasteiger partial charge in [0, 0.05) is 37.4 Å². The lowest BCUT2D eigenvalue weighted by atomic mass is 9.96. The Labute approximate surface area is 174 Å². The van der Waals surface area contributed by atoms with Crippen LogP contribution in [0.1, 0.15) is 43.7 Å². The molecule has 2 atom stereocenters. The number of rotatable bonds is 7. The highest BCUT2D eigenvalue weighted by Crippen LogP contribution is 2.36. The second kappa shape index (κ2) is 9.44. The third-order valence-electron chi connectivity index (χ3n) is 6.14. The minimum absolute atomic E-state index is 0.504. The zero-order valence-electron chi connectivity index (χ0n) is 17.7. The molecule has 2 unspecified atom stereocenters. The van der Waals surface area contributed by atoms with Gasteiger partial charge in [0.2, 0.25) is 0 Å². The molecule has 4 rings (SSSR count). The molecular formula is C23H34N6. The Morgan fingerprint density at radius 2 is 1.93 bits per heavy atom. The molecule has 0 radical (unpaired) electrons. The number of hydrogen-bond acceptors (Lipinski definition) is 3. The van der Waals surface area contributed by atoms with Gasteiger partial charge < -0.3 is 10.6 Å². The van der Waals surface area contributed by atoms with Crippen molar-refractivity contribution in [2.45, 2.75) is 70.7 Å². The first kappa shape index (κ1) is 20.0. The van der Waals surface area contributed by atoms with E-state index in [9.17, 15) is 0 Å². The third-order valence-corrected chi connectivity index (χ3v) is 6.14. The van der Waals surface area contributed by atoms with Gasteiger partial charge in [-0.25, -0.2) is 0 Å². The van der Waals surface area contributed by atoms with Crippen molar-refractivity contribution < 1.29 is 0 Å². The van der Waals surface area contributed by atoms with Gasteiger partial charge in [-0.3, -0.25) is 14.6 Å². The van der Waals surface area contributed by atoms with Gasteiger partial charge in [0.15, 0.2) is 5.96 Å². The van der Waals surface area contributed by atoms with Crippen LogP contribution in [0.5, 0.6) is 0 Å². The standard InChI is InChI=1S/C23H34N6/c1-3-24-23(25-11-12-28-16-18(2)15-26-28)27-20-13-21-9-10-22(14-20)29(21)17-19-7-5-4-6-8-19/h4-8,15-16,20-22H,3,9-14,17H2,1-2H3,(H2,24,25,27). The zero-order chi connectivity index (χ0) is 20.1. The van der Waals surface area contributed by atoms with Crippen LogP contribution in [-0.2, 0) is 13.1 Å². The van der Waals surface area contributed by atoms with Crippen LogP contribution in [0.25, 0.3) is 0 Å². The largest absolute Gasteiger partial charge is 0.357 e. The Balaban J connectivity index is 1.32. The van der Waals surface area contributed by atoms with Crippen LogP contribution in [0.2, 0.25) is 0 Å². The van der Waals surface area contributed by atoms with E-state index < -0.39 is 0 Å². The van der Waals surface area contributed by atoms with Crippen LogP contribution in [0.3, 0.4) is 0 Å². The maximum atomic E-state index is 4.79. The van der Waals surface area contributed by atoms with Crippen molar-refractivity contribution in [1.82, 2.24) is 25.3 Å². The van der Waals surface area contributed by atoms with Crippen LogP contribution >= 0.6 is 0 Å². The van der Waals surface area contributed by atoms with Crippen molar-refractivity contribution in [3.8, 4) is 0 Å². The number of aryl methyl sites for hydroxylation is 1. The number of aliphatic imine (C=N–C) groups is 1. The Hall–Kier alpha value is -2.34. The molecule has 2 N–H and O–H groups in total. The summed E-state index contributed by atoms with van der Waals surface area (Å²) in [7, 11) is 0. The molecule has 2 aromatic rings. The molecule has 2 bridgehead atoms. The normalized spacial score (nSPS) is 24.6. The number of benzene rings is 1. The van der Waals surface area contributed by atoms with Gasteiger partial charge >= 0.3 is 0 Å². The Morgan fingerprint density at radius 1 is 1.17 bits per heavy atom. The highest BCUT2D eigenvalue weighted by molar-refractivity contribution is 5.80. The maximum absolute atomic E-state index is 4.79. The number of hydrogen-bond donors (Lipinski definition) is 2. The molecular weight excluding hydrogens is 360 g/mol. The number of nitrogens with zero attached hydrogens (tertiary/aromatic N) is 4. The summed E-state index contributed by atoms with van der Waals surface area (Å²) >= 11 is 0. The van der Waals surface area contributed by atoms with Crippen molar-refractivity contribution in [3.05, 3.63) is 53.9 Å². The summed E-state index contributed by atoms with van der Waals surface area (Å²) in [5, 5.41) is 11.5. The van der Waals surface area contributed by atoms with Gasteiger partial charge in [-0.1, -0.05) is 30.3 Å². The summed E-state index contributed by atoms with van der Waals surface area (Å²) in [6.45, 7) is 7.70. The van der Waals surface area contributed by atoms with Crippen molar-refractivity contribution in [2.75, 3.05) is 13.1 Å². The summed E-state index contributed by atoms with van der Waals surface area (Å²) in [6.07, 6.45) is 9.00. The lowest BCUT2D eigenvalue weighted by molar-refractivity contribution is 0.114. The fourth-order valence-electron chi connectivity index (χ4n) is 4.81. The SMILES string of the molecule is CCNC(=NCCn1cc(C)cn1)NC1CC2CCC(C1)N2Cc1ccccc1. The molecule has 6 nitrogen and oxygen atoms in total. The van der Waals surface area contributed by atoms with E-state index in [2.05, 4.69) is 71.0 Å². The number of piperidine rings is 1. The first-order valence-corrected chi connectivity index (χ1v) is 11.0. The summed E-state index contributed by atoms with van der Waals surface area (Å²) in [5.74, 6) is 0.942. The predicted octanol–water partition coefficient (Wildman–Crippen LogP) is 2.94. The van der Waals surface area contributed by atoms with E-state index in [0.29, 0.717) is 18.1 Å².